The highest BCUT2D eigenvalue weighted by atomic mass is 127. The molecule has 1 aliphatic carbocycles. The molecule has 1 aliphatic heterocycles. The third-order valence-electron chi connectivity index (χ3n) is 5.59. The Morgan fingerprint density at radius 2 is 2.17 bits per heavy atom. The fourth-order valence-electron chi connectivity index (χ4n) is 4.00. The average molecular weight is 538 g/mol. The quantitative estimate of drug-likeness (QED) is 0.301. The Kier molecular flexibility index (Phi) is 11.6. The lowest BCUT2D eigenvalue weighted by Crippen LogP contribution is -2.47. The second kappa shape index (κ2) is 13.6. The van der Waals surface area contributed by atoms with Crippen LogP contribution >= 0.6 is 24.0 Å². The minimum absolute atomic E-state index is 0. The topological polar surface area (TPSA) is 75.9 Å². The van der Waals surface area contributed by atoms with Crippen molar-refractivity contribution in [1.82, 2.24) is 10.6 Å². The standard InChI is InChI=1S/C21H35N3O3S.HI/c1-2-28(25)20-10-5-7-17(15-20)24-21(22-12-11-18-9-6-14-26-18)23-16-19-8-3-4-13-27-19;/h6,9,14,17,19-20H,2-5,7-8,10-13,15-16H2,1H3,(H2,22,23,24);1H. The lowest BCUT2D eigenvalue weighted by Gasteiger charge is -2.30. The van der Waals surface area contributed by atoms with E-state index in [4.69, 9.17) is 14.1 Å². The van der Waals surface area contributed by atoms with Crippen molar-refractivity contribution in [1.29, 1.82) is 0 Å². The van der Waals surface area contributed by atoms with E-state index < -0.39 is 10.8 Å². The van der Waals surface area contributed by atoms with Crippen molar-refractivity contribution in [2.45, 2.75) is 75.7 Å². The number of ether oxygens (including phenoxy) is 1. The van der Waals surface area contributed by atoms with Crippen LogP contribution in [0.1, 0.15) is 57.6 Å². The van der Waals surface area contributed by atoms with Crippen molar-refractivity contribution in [3.8, 4) is 0 Å². The lowest BCUT2D eigenvalue weighted by atomic mass is 9.95. The molecule has 8 heteroatoms. The maximum absolute atomic E-state index is 12.2. The van der Waals surface area contributed by atoms with Gasteiger partial charge in [-0.2, -0.15) is 0 Å². The van der Waals surface area contributed by atoms with Crippen LogP contribution in [0.2, 0.25) is 0 Å². The molecule has 1 aromatic rings. The molecular weight excluding hydrogens is 501 g/mol. The van der Waals surface area contributed by atoms with E-state index in [0.717, 1.165) is 75.6 Å². The van der Waals surface area contributed by atoms with Gasteiger partial charge in [0, 0.05) is 47.4 Å². The van der Waals surface area contributed by atoms with Gasteiger partial charge in [0.05, 0.1) is 18.9 Å². The molecule has 0 radical (unpaired) electrons. The van der Waals surface area contributed by atoms with Crippen LogP contribution in [-0.2, 0) is 22.0 Å². The summed E-state index contributed by atoms with van der Waals surface area (Å²) in [5.74, 6) is 2.56. The monoisotopic (exact) mass is 537 g/mol. The summed E-state index contributed by atoms with van der Waals surface area (Å²) in [6, 6.07) is 4.24. The molecule has 2 heterocycles. The predicted molar refractivity (Wildman–Crippen MR) is 130 cm³/mol. The van der Waals surface area contributed by atoms with Crippen molar-refractivity contribution in [3.63, 3.8) is 0 Å². The highest BCUT2D eigenvalue weighted by Gasteiger charge is 2.26. The molecule has 3 rings (SSSR count). The van der Waals surface area contributed by atoms with Gasteiger partial charge in [0.1, 0.15) is 5.76 Å². The number of hydrogen-bond acceptors (Lipinski definition) is 4. The average Bonchev–Trinajstić information content (AvgIpc) is 3.26. The van der Waals surface area contributed by atoms with E-state index in [1.165, 1.54) is 6.42 Å². The first-order chi connectivity index (χ1) is 13.7. The van der Waals surface area contributed by atoms with Gasteiger partial charge in [-0.25, -0.2) is 0 Å². The molecule has 0 aromatic carbocycles. The molecule has 0 amide bonds. The number of hydrogen-bond donors (Lipinski definition) is 2. The largest absolute Gasteiger partial charge is 0.469 e. The van der Waals surface area contributed by atoms with Gasteiger partial charge in [0.25, 0.3) is 0 Å². The highest BCUT2D eigenvalue weighted by molar-refractivity contribution is 14.0. The zero-order chi connectivity index (χ0) is 19.6. The zero-order valence-electron chi connectivity index (χ0n) is 17.4. The van der Waals surface area contributed by atoms with Gasteiger partial charge in [0.15, 0.2) is 5.96 Å². The van der Waals surface area contributed by atoms with Crippen molar-refractivity contribution in [2.24, 2.45) is 4.99 Å². The Labute approximate surface area is 194 Å². The van der Waals surface area contributed by atoms with Gasteiger partial charge in [-0.05, 0) is 50.7 Å². The van der Waals surface area contributed by atoms with E-state index in [2.05, 4.69) is 10.6 Å². The molecular formula is C21H36IN3O3S. The van der Waals surface area contributed by atoms with Crippen LogP contribution in [0.25, 0.3) is 0 Å². The number of rotatable bonds is 8. The molecule has 1 aromatic heterocycles. The number of furan rings is 1. The van der Waals surface area contributed by atoms with Crippen molar-refractivity contribution in [3.05, 3.63) is 24.2 Å². The van der Waals surface area contributed by atoms with Crippen LogP contribution in [0.15, 0.2) is 27.8 Å². The highest BCUT2D eigenvalue weighted by Crippen LogP contribution is 2.23. The fourth-order valence-corrected chi connectivity index (χ4v) is 5.35. The molecule has 6 nitrogen and oxygen atoms in total. The summed E-state index contributed by atoms with van der Waals surface area (Å²) in [6.07, 6.45) is 10.5. The van der Waals surface area contributed by atoms with Gasteiger partial charge in [-0.3, -0.25) is 9.20 Å². The van der Waals surface area contributed by atoms with Crippen molar-refractivity contribution >= 4 is 40.7 Å². The number of aliphatic imine (C=N–C) groups is 1. The fraction of sp³-hybridized carbons (Fsp3) is 0.762. The molecule has 166 valence electrons. The SMILES string of the molecule is CCS(=O)C1CCCC(NC(=NCC2CCCCO2)NCCc2ccco2)C1.I. The molecule has 2 aliphatic rings. The van der Waals surface area contributed by atoms with E-state index in [0.29, 0.717) is 17.8 Å². The smallest absolute Gasteiger partial charge is 0.191 e. The maximum atomic E-state index is 12.2. The normalized spacial score (nSPS) is 26.4. The van der Waals surface area contributed by atoms with Crippen molar-refractivity contribution < 1.29 is 13.4 Å². The maximum Gasteiger partial charge on any atom is 0.191 e. The van der Waals surface area contributed by atoms with Gasteiger partial charge in [-0.1, -0.05) is 13.3 Å². The first-order valence-corrected chi connectivity index (χ1v) is 12.2. The van der Waals surface area contributed by atoms with Gasteiger partial charge < -0.3 is 19.8 Å². The Morgan fingerprint density at radius 3 is 2.90 bits per heavy atom. The lowest BCUT2D eigenvalue weighted by molar-refractivity contribution is 0.0224. The Hall–Kier alpha value is -0.610. The minimum Gasteiger partial charge on any atom is -0.469 e. The molecule has 1 saturated heterocycles. The Balaban J connectivity index is 0.00000300. The first-order valence-electron chi connectivity index (χ1n) is 10.8. The molecule has 4 unspecified atom stereocenters. The number of nitrogens with one attached hydrogen (secondary N) is 2. The number of nitrogens with zero attached hydrogens (tertiary/aromatic N) is 1. The van der Waals surface area contributed by atoms with Crippen LogP contribution in [0.5, 0.6) is 0 Å². The first kappa shape index (κ1) is 24.7. The third-order valence-corrected chi connectivity index (χ3v) is 7.33. The second-order valence-electron chi connectivity index (χ2n) is 7.73. The van der Waals surface area contributed by atoms with Crippen LogP contribution in [0, 0.1) is 0 Å². The van der Waals surface area contributed by atoms with Crippen molar-refractivity contribution in [2.75, 3.05) is 25.4 Å². The summed E-state index contributed by atoms with van der Waals surface area (Å²) >= 11 is 0. The third kappa shape index (κ3) is 8.57. The molecule has 0 bridgehead atoms. The summed E-state index contributed by atoms with van der Waals surface area (Å²) in [6.45, 7) is 4.32. The summed E-state index contributed by atoms with van der Waals surface area (Å²) in [5, 5.41) is 7.36. The van der Waals surface area contributed by atoms with Gasteiger partial charge >= 0.3 is 0 Å². The number of halogens is 1. The summed E-state index contributed by atoms with van der Waals surface area (Å²) < 4.78 is 23.5. The van der Waals surface area contributed by atoms with E-state index in [-0.39, 0.29) is 30.1 Å². The van der Waals surface area contributed by atoms with Crippen LogP contribution in [0.3, 0.4) is 0 Å². The van der Waals surface area contributed by atoms with Gasteiger partial charge in [-0.15, -0.1) is 24.0 Å². The van der Waals surface area contributed by atoms with E-state index in [1.54, 1.807) is 6.26 Å². The molecule has 1 saturated carbocycles. The number of guanidine groups is 1. The summed E-state index contributed by atoms with van der Waals surface area (Å²) in [5.41, 5.74) is 0. The van der Waals surface area contributed by atoms with E-state index in [1.807, 2.05) is 19.1 Å². The Morgan fingerprint density at radius 1 is 1.28 bits per heavy atom. The molecule has 2 fully saturated rings. The second-order valence-corrected chi connectivity index (χ2v) is 9.74. The van der Waals surface area contributed by atoms with Crippen LogP contribution < -0.4 is 10.6 Å². The molecule has 4 atom stereocenters. The van der Waals surface area contributed by atoms with Crippen LogP contribution in [0.4, 0.5) is 0 Å². The van der Waals surface area contributed by atoms with Crippen LogP contribution in [-0.4, -0.2) is 53.0 Å². The molecule has 29 heavy (non-hydrogen) atoms. The van der Waals surface area contributed by atoms with E-state index in [9.17, 15) is 4.21 Å². The minimum atomic E-state index is -0.715. The Bertz CT molecular complexity index is 621. The van der Waals surface area contributed by atoms with E-state index >= 15 is 0 Å². The molecule has 0 spiro atoms. The van der Waals surface area contributed by atoms with Gasteiger partial charge in [0.2, 0.25) is 0 Å². The summed E-state index contributed by atoms with van der Waals surface area (Å²) in [7, 11) is -0.715. The summed E-state index contributed by atoms with van der Waals surface area (Å²) in [4.78, 5) is 4.81. The zero-order valence-corrected chi connectivity index (χ0v) is 20.6. The molecule has 2 N–H and O–H groups in total. The predicted octanol–water partition coefficient (Wildman–Crippen LogP) is 3.62.